The minimum atomic E-state index is 0.333. The van der Waals surface area contributed by atoms with Crippen LogP contribution in [0.4, 0.5) is 5.95 Å². The number of carbonyl (C=O) groups is 1. The molecule has 142 valence electrons. The van der Waals surface area contributed by atoms with Crippen LogP contribution < -0.4 is 4.90 Å². The summed E-state index contributed by atoms with van der Waals surface area (Å²) in [6, 6.07) is 1.87. The Bertz CT molecular complexity index is 593. The maximum absolute atomic E-state index is 12.7. The van der Waals surface area contributed by atoms with Gasteiger partial charge in [-0.25, -0.2) is 9.97 Å². The average Bonchev–Trinajstić information content (AvgIpc) is 2.70. The van der Waals surface area contributed by atoms with Crippen molar-refractivity contribution in [3.05, 3.63) is 18.5 Å². The van der Waals surface area contributed by atoms with Crippen LogP contribution in [-0.2, 0) is 4.79 Å². The van der Waals surface area contributed by atoms with Crippen LogP contribution in [0.5, 0.6) is 0 Å². The van der Waals surface area contributed by atoms with Crippen LogP contribution in [0, 0.1) is 5.41 Å². The first-order chi connectivity index (χ1) is 12.7. The maximum atomic E-state index is 12.7. The molecule has 1 aromatic rings. The van der Waals surface area contributed by atoms with Gasteiger partial charge in [0.05, 0.1) is 6.54 Å². The fourth-order valence-corrected chi connectivity index (χ4v) is 4.88. The monoisotopic (exact) mass is 357 g/mol. The highest BCUT2D eigenvalue weighted by Crippen LogP contribution is 2.40. The van der Waals surface area contributed by atoms with Crippen LogP contribution in [0.15, 0.2) is 18.5 Å². The van der Waals surface area contributed by atoms with E-state index in [1.54, 1.807) is 0 Å². The summed E-state index contributed by atoms with van der Waals surface area (Å²) in [5, 5.41) is 0. The normalized spacial score (nSPS) is 24.0. The van der Waals surface area contributed by atoms with Crippen molar-refractivity contribution in [1.29, 1.82) is 0 Å². The number of anilines is 1. The summed E-state index contributed by atoms with van der Waals surface area (Å²) in [7, 11) is 0. The third kappa shape index (κ3) is 4.00. The van der Waals surface area contributed by atoms with Crippen molar-refractivity contribution >= 4 is 11.9 Å². The summed E-state index contributed by atoms with van der Waals surface area (Å²) in [5.74, 6) is 1.19. The second-order valence-corrected chi connectivity index (χ2v) is 8.29. The zero-order valence-electron chi connectivity index (χ0n) is 15.8. The van der Waals surface area contributed by atoms with Gasteiger partial charge in [0.1, 0.15) is 0 Å². The molecule has 1 aromatic heterocycles. The summed E-state index contributed by atoms with van der Waals surface area (Å²) in [5.41, 5.74) is 0.333. The van der Waals surface area contributed by atoms with Gasteiger partial charge in [-0.05, 0) is 63.1 Å². The molecule has 1 amide bonds. The van der Waals surface area contributed by atoms with Gasteiger partial charge in [0.15, 0.2) is 0 Å². The van der Waals surface area contributed by atoms with Crippen molar-refractivity contribution in [3.63, 3.8) is 0 Å². The second kappa shape index (κ2) is 7.91. The van der Waals surface area contributed by atoms with E-state index < -0.39 is 0 Å². The summed E-state index contributed by atoms with van der Waals surface area (Å²) in [6.45, 7) is 6.71. The number of likely N-dealkylation sites (tertiary alicyclic amines) is 2. The number of hydrogen-bond acceptors (Lipinski definition) is 5. The van der Waals surface area contributed by atoms with Gasteiger partial charge in [0.2, 0.25) is 11.9 Å². The van der Waals surface area contributed by atoms with Crippen LogP contribution in [0.2, 0.25) is 0 Å². The molecule has 26 heavy (non-hydrogen) atoms. The average molecular weight is 358 g/mol. The number of rotatable bonds is 3. The van der Waals surface area contributed by atoms with E-state index in [1.807, 2.05) is 18.5 Å². The van der Waals surface area contributed by atoms with Crippen molar-refractivity contribution in [2.75, 3.05) is 50.7 Å². The van der Waals surface area contributed by atoms with Gasteiger partial charge in [-0.2, -0.15) is 0 Å². The molecule has 4 rings (SSSR count). The van der Waals surface area contributed by atoms with E-state index in [4.69, 9.17) is 0 Å². The molecule has 3 fully saturated rings. The molecule has 6 nitrogen and oxygen atoms in total. The molecule has 0 bridgehead atoms. The first-order valence-corrected chi connectivity index (χ1v) is 10.3. The molecule has 6 heteroatoms. The van der Waals surface area contributed by atoms with Gasteiger partial charge in [-0.3, -0.25) is 9.69 Å². The molecule has 0 aliphatic carbocycles. The Kier molecular flexibility index (Phi) is 5.38. The van der Waals surface area contributed by atoms with Crippen molar-refractivity contribution < 1.29 is 4.79 Å². The number of carbonyl (C=O) groups excluding carboxylic acids is 1. The van der Waals surface area contributed by atoms with Crippen molar-refractivity contribution in [1.82, 2.24) is 19.8 Å². The first-order valence-electron chi connectivity index (χ1n) is 10.3. The molecule has 0 saturated carbocycles. The van der Waals surface area contributed by atoms with E-state index in [1.165, 1.54) is 32.1 Å². The van der Waals surface area contributed by atoms with Crippen LogP contribution in [-0.4, -0.2) is 71.5 Å². The van der Waals surface area contributed by atoms with Gasteiger partial charge in [0, 0.05) is 38.6 Å². The van der Waals surface area contributed by atoms with Crippen molar-refractivity contribution in [3.8, 4) is 0 Å². The van der Waals surface area contributed by atoms with Crippen LogP contribution in [0.1, 0.15) is 44.9 Å². The van der Waals surface area contributed by atoms with E-state index >= 15 is 0 Å². The third-order valence-corrected chi connectivity index (χ3v) is 6.48. The molecule has 0 atom stereocenters. The minimum Gasteiger partial charge on any atom is -0.342 e. The van der Waals surface area contributed by atoms with Gasteiger partial charge in [-0.15, -0.1) is 0 Å². The number of piperidine rings is 3. The van der Waals surface area contributed by atoms with Gasteiger partial charge < -0.3 is 9.80 Å². The maximum Gasteiger partial charge on any atom is 0.236 e. The van der Waals surface area contributed by atoms with Gasteiger partial charge >= 0.3 is 0 Å². The quantitative estimate of drug-likeness (QED) is 0.830. The molecule has 0 N–H and O–H groups in total. The Labute approximate surface area is 156 Å². The molecule has 0 radical (unpaired) electrons. The lowest BCUT2D eigenvalue weighted by Crippen LogP contribution is -2.52. The lowest BCUT2D eigenvalue weighted by molar-refractivity contribution is -0.135. The van der Waals surface area contributed by atoms with Crippen LogP contribution in [0.25, 0.3) is 0 Å². The molecule has 4 heterocycles. The van der Waals surface area contributed by atoms with E-state index in [2.05, 4.69) is 24.7 Å². The standard InChI is InChI=1S/C20H31N5O/c26-18(16-23-11-2-1-3-12-23)24-14-7-20(8-15-24)6-4-13-25(17-20)19-21-9-5-10-22-19/h5,9-10H,1-4,6-8,11-17H2. The highest BCUT2D eigenvalue weighted by Gasteiger charge is 2.40. The largest absolute Gasteiger partial charge is 0.342 e. The van der Waals surface area contributed by atoms with E-state index in [0.29, 0.717) is 17.9 Å². The summed E-state index contributed by atoms with van der Waals surface area (Å²) in [6.07, 6.45) is 12.1. The lowest BCUT2D eigenvalue weighted by atomic mass is 9.72. The highest BCUT2D eigenvalue weighted by molar-refractivity contribution is 5.78. The van der Waals surface area contributed by atoms with Gasteiger partial charge in [-0.1, -0.05) is 6.42 Å². The van der Waals surface area contributed by atoms with Crippen molar-refractivity contribution in [2.24, 2.45) is 5.41 Å². The van der Waals surface area contributed by atoms with Crippen molar-refractivity contribution in [2.45, 2.75) is 44.9 Å². The van der Waals surface area contributed by atoms with E-state index in [-0.39, 0.29) is 0 Å². The Morgan fingerprint density at radius 3 is 2.38 bits per heavy atom. The molecule has 1 spiro atoms. The zero-order valence-corrected chi connectivity index (χ0v) is 15.8. The molecule has 0 unspecified atom stereocenters. The Hall–Kier alpha value is -1.69. The molecule has 3 saturated heterocycles. The number of nitrogens with zero attached hydrogens (tertiary/aromatic N) is 5. The van der Waals surface area contributed by atoms with E-state index in [0.717, 1.165) is 58.1 Å². The topological polar surface area (TPSA) is 52.6 Å². The molecular weight excluding hydrogens is 326 g/mol. The summed E-state index contributed by atoms with van der Waals surface area (Å²) in [4.78, 5) is 28.3. The lowest BCUT2D eigenvalue weighted by Gasteiger charge is -2.47. The Morgan fingerprint density at radius 2 is 1.65 bits per heavy atom. The third-order valence-electron chi connectivity index (χ3n) is 6.48. The number of hydrogen-bond donors (Lipinski definition) is 0. The Balaban J connectivity index is 1.31. The van der Waals surface area contributed by atoms with Crippen LogP contribution >= 0.6 is 0 Å². The predicted octanol–water partition coefficient (Wildman–Crippen LogP) is 2.17. The molecule has 3 aliphatic rings. The summed E-state index contributed by atoms with van der Waals surface area (Å²) >= 11 is 0. The zero-order chi connectivity index (χ0) is 17.8. The fraction of sp³-hybridized carbons (Fsp3) is 0.750. The number of amides is 1. The second-order valence-electron chi connectivity index (χ2n) is 8.29. The molecular formula is C20H31N5O. The molecule has 3 aliphatic heterocycles. The highest BCUT2D eigenvalue weighted by atomic mass is 16.2. The van der Waals surface area contributed by atoms with Gasteiger partial charge in [0.25, 0.3) is 0 Å². The smallest absolute Gasteiger partial charge is 0.236 e. The molecule has 0 aromatic carbocycles. The Morgan fingerprint density at radius 1 is 0.923 bits per heavy atom. The first kappa shape index (κ1) is 17.7. The number of aromatic nitrogens is 2. The predicted molar refractivity (Wildman–Crippen MR) is 102 cm³/mol. The van der Waals surface area contributed by atoms with E-state index in [9.17, 15) is 4.79 Å². The van der Waals surface area contributed by atoms with Crippen LogP contribution in [0.3, 0.4) is 0 Å². The fourth-order valence-electron chi connectivity index (χ4n) is 4.88. The summed E-state index contributed by atoms with van der Waals surface area (Å²) < 4.78 is 0. The SMILES string of the molecule is O=C(CN1CCCCC1)N1CCC2(CCCN(c3ncccn3)C2)CC1. The minimum absolute atomic E-state index is 0.333.